The minimum atomic E-state index is 0. The van der Waals surface area contributed by atoms with Crippen LogP contribution in [0.15, 0.2) is 4.99 Å². The monoisotopic (exact) mass is 508 g/mol. The number of carbonyl (C=O) groups excluding carboxylic acids is 1. The van der Waals surface area contributed by atoms with Crippen LogP contribution in [0.4, 0.5) is 0 Å². The molecule has 28 heavy (non-hydrogen) atoms. The van der Waals surface area contributed by atoms with Crippen molar-refractivity contribution in [2.75, 3.05) is 60.1 Å². The first-order chi connectivity index (χ1) is 13.1. The predicted molar refractivity (Wildman–Crippen MR) is 121 cm³/mol. The smallest absolute Gasteiger partial charge is 0.243 e. The van der Waals surface area contributed by atoms with Crippen LogP contribution in [0.3, 0.4) is 0 Å². The normalized spacial score (nSPS) is 28.6. The van der Waals surface area contributed by atoms with Gasteiger partial charge in [0, 0.05) is 52.4 Å². The molecule has 0 bridgehead atoms. The largest absolute Gasteiger partial charge is 0.381 e. The lowest BCUT2D eigenvalue weighted by Gasteiger charge is -2.46. The van der Waals surface area contributed by atoms with Gasteiger partial charge in [0.2, 0.25) is 5.91 Å². The molecule has 1 N–H and O–H groups in total. The van der Waals surface area contributed by atoms with Crippen molar-refractivity contribution in [2.45, 2.75) is 51.0 Å². The molecule has 2 unspecified atom stereocenters. The summed E-state index contributed by atoms with van der Waals surface area (Å²) in [6.45, 7) is 5.46. The molecule has 1 amide bonds. The summed E-state index contributed by atoms with van der Waals surface area (Å²) in [4.78, 5) is 20.7. The molecule has 0 radical (unpaired) electrons. The van der Waals surface area contributed by atoms with E-state index in [2.05, 4.69) is 15.2 Å². The van der Waals surface area contributed by atoms with Crippen molar-refractivity contribution in [1.82, 2.24) is 15.1 Å². The van der Waals surface area contributed by atoms with E-state index in [1.807, 2.05) is 0 Å². The van der Waals surface area contributed by atoms with Gasteiger partial charge in [-0.25, -0.2) is 4.99 Å². The summed E-state index contributed by atoms with van der Waals surface area (Å²) in [6.07, 6.45) is 8.44. The quantitative estimate of drug-likeness (QED) is 0.358. The second kappa shape index (κ2) is 11.5. The Morgan fingerprint density at radius 1 is 1.21 bits per heavy atom. The van der Waals surface area contributed by atoms with E-state index < -0.39 is 0 Å². The maximum Gasteiger partial charge on any atom is 0.243 e. The Balaban J connectivity index is 0.00000280. The Labute approximate surface area is 186 Å². The van der Waals surface area contributed by atoms with Crippen LogP contribution in [-0.4, -0.2) is 87.9 Å². The van der Waals surface area contributed by atoms with Gasteiger partial charge in [-0.05, 0) is 44.9 Å². The molecule has 0 aromatic rings. The van der Waals surface area contributed by atoms with Crippen LogP contribution in [-0.2, 0) is 14.3 Å². The summed E-state index contributed by atoms with van der Waals surface area (Å²) < 4.78 is 11.7. The van der Waals surface area contributed by atoms with Crippen molar-refractivity contribution in [3.63, 3.8) is 0 Å². The molecule has 7 nitrogen and oxygen atoms in total. The number of ether oxygens (including phenoxy) is 2. The zero-order valence-corrected chi connectivity index (χ0v) is 19.8. The molecule has 3 aliphatic heterocycles. The fraction of sp³-hybridized carbons (Fsp3) is 0.900. The number of nitrogens with one attached hydrogen (secondary N) is 1. The number of hydrogen-bond acceptors (Lipinski definition) is 4. The van der Waals surface area contributed by atoms with Gasteiger partial charge in [-0.3, -0.25) is 4.79 Å². The predicted octanol–water partition coefficient (Wildman–Crippen LogP) is 2.10. The summed E-state index contributed by atoms with van der Waals surface area (Å²) in [5.74, 6) is 0.875. The lowest BCUT2D eigenvalue weighted by Crippen LogP contribution is -2.54. The Morgan fingerprint density at radius 3 is 2.71 bits per heavy atom. The van der Waals surface area contributed by atoms with E-state index in [0.717, 1.165) is 71.1 Å². The summed E-state index contributed by atoms with van der Waals surface area (Å²) in [7, 11) is 3.55. The molecule has 162 valence electrons. The summed E-state index contributed by atoms with van der Waals surface area (Å²) in [5, 5.41) is 3.51. The third-order valence-electron chi connectivity index (χ3n) is 5.99. The number of hydrogen-bond donors (Lipinski definition) is 1. The number of amides is 1. The van der Waals surface area contributed by atoms with Gasteiger partial charge in [0.15, 0.2) is 5.96 Å². The van der Waals surface area contributed by atoms with Crippen molar-refractivity contribution in [1.29, 1.82) is 0 Å². The Bertz CT molecular complexity index is 512. The standard InChI is InChI=1S/C20H36N4O3.HI/c1-23(2)18(25)14-22-19(21-13-17-7-3-4-12-27-17)24-10-5-8-20(15-24)9-6-11-26-16-20;/h17H,3-16H2,1-2H3,(H,21,22);1H. The zero-order valence-electron chi connectivity index (χ0n) is 17.5. The lowest BCUT2D eigenvalue weighted by molar-refractivity contribution is -0.127. The Hall–Kier alpha value is -0.610. The van der Waals surface area contributed by atoms with Gasteiger partial charge in [-0.2, -0.15) is 0 Å². The number of aliphatic imine (C=N–C) groups is 1. The van der Waals surface area contributed by atoms with Gasteiger partial charge >= 0.3 is 0 Å². The van der Waals surface area contributed by atoms with Crippen LogP contribution in [0.25, 0.3) is 0 Å². The number of nitrogens with zero attached hydrogens (tertiary/aromatic N) is 3. The molecular formula is C20H37IN4O3. The van der Waals surface area contributed by atoms with E-state index >= 15 is 0 Å². The summed E-state index contributed by atoms with van der Waals surface area (Å²) in [5.41, 5.74) is 0.242. The average molecular weight is 508 g/mol. The highest BCUT2D eigenvalue weighted by molar-refractivity contribution is 14.0. The highest BCUT2D eigenvalue weighted by atomic mass is 127. The van der Waals surface area contributed by atoms with Gasteiger partial charge in [0.05, 0.1) is 12.7 Å². The third-order valence-corrected chi connectivity index (χ3v) is 5.99. The SMILES string of the molecule is CN(C)C(=O)CN=C(NCC1CCCCO1)N1CCCC2(CCCOC2)C1.I. The number of piperidine rings is 1. The molecule has 3 rings (SSSR count). The lowest BCUT2D eigenvalue weighted by atomic mass is 9.76. The fourth-order valence-electron chi connectivity index (χ4n) is 4.35. The maximum atomic E-state index is 12.1. The van der Waals surface area contributed by atoms with Crippen molar-refractivity contribution in [3.8, 4) is 0 Å². The van der Waals surface area contributed by atoms with Crippen LogP contribution < -0.4 is 5.32 Å². The molecule has 0 aromatic heterocycles. The van der Waals surface area contributed by atoms with Gasteiger partial charge in [0.1, 0.15) is 6.54 Å². The number of carbonyl (C=O) groups is 1. The molecule has 0 aliphatic carbocycles. The molecule has 1 spiro atoms. The van der Waals surface area contributed by atoms with E-state index in [4.69, 9.17) is 9.47 Å². The second-order valence-corrected chi connectivity index (χ2v) is 8.48. The van der Waals surface area contributed by atoms with Crippen LogP contribution >= 0.6 is 24.0 Å². The van der Waals surface area contributed by atoms with Crippen LogP contribution in [0.1, 0.15) is 44.9 Å². The van der Waals surface area contributed by atoms with Gasteiger partial charge in [0.25, 0.3) is 0 Å². The highest BCUT2D eigenvalue weighted by Crippen LogP contribution is 2.37. The fourth-order valence-corrected chi connectivity index (χ4v) is 4.35. The first-order valence-electron chi connectivity index (χ1n) is 10.5. The Kier molecular flexibility index (Phi) is 9.76. The number of likely N-dealkylation sites (N-methyl/N-ethyl adjacent to an activating group) is 1. The topological polar surface area (TPSA) is 66.4 Å². The van der Waals surface area contributed by atoms with Gasteiger partial charge < -0.3 is 24.6 Å². The second-order valence-electron chi connectivity index (χ2n) is 8.48. The Morgan fingerprint density at radius 2 is 2.04 bits per heavy atom. The number of halogens is 1. The van der Waals surface area contributed by atoms with Crippen LogP contribution in [0.5, 0.6) is 0 Å². The van der Waals surface area contributed by atoms with Gasteiger partial charge in [-0.1, -0.05) is 0 Å². The highest BCUT2D eigenvalue weighted by Gasteiger charge is 2.38. The number of rotatable bonds is 4. The van der Waals surface area contributed by atoms with E-state index in [-0.39, 0.29) is 47.9 Å². The molecular weight excluding hydrogens is 471 g/mol. The van der Waals surface area contributed by atoms with Crippen LogP contribution in [0, 0.1) is 5.41 Å². The zero-order chi connectivity index (χ0) is 19.1. The van der Waals surface area contributed by atoms with Crippen molar-refractivity contribution in [2.24, 2.45) is 10.4 Å². The molecule has 3 aliphatic rings. The summed E-state index contributed by atoms with van der Waals surface area (Å²) in [6, 6.07) is 0. The van der Waals surface area contributed by atoms with E-state index in [1.165, 1.54) is 19.3 Å². The molecule has 3 saturated heterocycles. The van der Waals surface area contributed by atoms with E-state index in [9.17, 15) is 4.79 Å². The molecule has 2 atom stereocenters. The summed E-state index contributed by atoms with van der Waals surface area (Å²) >= 11 is 0. The van der Waals surface area contributed by atoms with Crippen molar-refractivity contribution >= 4 is 35.8 Å². The minimum Gasteiger partial charge on any atom is -0.381 e. The van der Waals surface area contributed by atoms with E-state index in [1.54, 1.807) is 19.0 Å². The molecule has 3 heterocycles. The first-order valence-corrected chi connectivity index (χ1v) is 10.5. The van der Waals surface area contributed by atoms with Gasteiger partial charge in [-0.15, -0.1) is 24.0 Å². The van der Waals surface area contributed by atoms with Crippen molar-refractivity contribution < 1.29 is 14.3 Å². The third kappa shape index (κ3) is 6.73. The molecule has 0 aromatic carbocycles. The number of guanidine groups is 1. The first kappa shape index (κ1) is 23.7. The van der Waals surface area contributed by atoms with E-state index in [0.29, 0.717) is 0 Å². The minimum absolute atomic E-state index is 0. The van der Waals surface area contributed by atoms with Crippen LogP contribution in [0.2, 0.25) is 0 Å². The van der Waals surface area contributed by atoms with Crippen molar-refractivity contribution in [3.05, 3.63) is 0 Å². The average Bonchev–Trinajstić information content (AvgIpc) is 2.69. The number of likely N-dealkylation sites (tertiary alicyclic amines) is 1. The maximum absolute atomic E-state index is 12.1. The molecule has 3 fully saturated rings. The molecule has 0 saturated carbocycles. The molecule has 8 heteroatoms.